The van der Waals surface area contributed by atoms with E-state index in [0.717, 1.165) is 12.8 Å². The molecule has 0 radical (unpaired) electrons. The van der Waals surface area contributed by atoms with E-state index in [1.807, 2.05) is 6.92 Å². The number of aromatic nitrogens is 1. The molecule has 2 aromatic rings. The molecule has 1 aromatic carbocycles. The molecule has 0 bridgehead atoms. The third-order valence-corrected chi connectivity index (χ3v) is 4.09. The van der Waals surface area contributed by atoms with Crippen LogP contribution in [0, 0.1) is 0 Å². The first-order chi connectivity index (χ1) is 13.0. The highest BCUT2D eigenvalue weighted by molar-refractivity contribution is 5.92. The normalized spacial score (nSPS) is 10.7. The number of methoxy groups -OCH3 is 3. The summed E-state index contributed by atoms with van der Waals surface area (Å²) in [5, 5.41) is 3.53. The van der Waals surface area contributed by atoms with E-state index in [1.54, 1.807) is 19.2 Å². The van der Waals surface area contributed by atoms with Gasteiger partial charge in [0.05, 0.1) is 32.4 Å². The standard InChI is InChI=1S/C19H26N2O6/c1-5-6-7-20-19(23)27-17-12-21(8-9-24-2)18(22)14-11-16(26-4)15(25-3)10-13(14)17/h10-12H,5-9H2,1-4H3,(H,20,23). The van der Waals surface area contributed by atoms with Crippen molar-refractivity contribution in [2.24, 2.45) is 0 Å². The van der Waals surface area contributed by atoms with Crippen LogP contribution < -0.4 is 25.1 Å². The van der Waals surface area contributed by atoms with Crippen LogP contribution in [0.1, 0.15) is 19.8 Å². The van der Waals surface area contributed by atoms with Gasteiger partial charge in [-0.25, -0.2) is 4.79 Å². The van der Waals surface area contributed by atoms with Gasteiger partial charge in [0, 0.05) is 25.6 Å². The van der Waals surface area contributed by atoms with Gasteiger partial charge < -0.3 is 28.8 Å². The molecule has 0 saturated carbocycles. The van der Waals surface area contributed by atoms with Crippen molar-refractivity contribution < 1.29 is 23.7 Å². The lowest BCUT2D eigenvalue weighted by Crippen LogP contribution is -2.29. The van der Waals surface area contributed by atoms with Crippen molar-refractivity contribution in [2.75, 3.05) is 34.5 Å². The van der Waals surface area contributed by atoms with Gasteiger partial charge in [0.2, 0.25) is 0 Å². The highest BCUT2D eigenvalue weighted by Crippen LogP contribution is 2.34. The number of ether oxygens (including phenoxy) is 4. The zero-order valence-corrected chi connectivity index (χ0v) is 16.2. The summed E-state index contributed by atoms with van der Waals surface area (Å²) in [6.45, 7) is 3.23. The Morgan fingerprint density at radius 1 is 1.07 bits per heavy atom. The SMILES string of the molecule is CCCCNC(=O)Oc1cn(CCOC)c(=O)c2cc(OC)c(OC)cc12. The molecule has 0 saturated heterocycles. The van der Waals surface area contributed by atoms with E-state index >= 15 is 0 Å². The Kier molecular flexibility index (Phi) is 7.48. The number of pyridine rings is 1. The van der Waals surface area contributed by atoms with Crippen LogP contribution in [-0.4, -0.2) is 45.1 Å². The highest BCUT2D eigenvalue weighted by Gasteiger charge is 2.17. The van der Waals surface area contributed by atoms with E-state index in [2.05, 4.69) is 5.32 Å². The van der Waals surface area contributed by atoms with Crippen molar-refractivity contribution in [3.63, 3.8) is 0 Å². The van der Waals surface area contributed by atoms with Gasteiger partial charge in [-0.3, -0.25) is 4.79 Å². The molecule has 0 aliphatic carbocycles. The average molecular weight is 378 g/mol. The summed E-state index contributed by atoms with van der Waals surface area (Å²) in [5.41, 5.74) is -0.234. The predicted molar refractivity (Wildman–Crippen MR) is 102 cm³/mol. The molecule has 0 aliphatic heterocycles. The third-order valence-electron chi connectivity index (χ3n) is 4.09. The number of rotatable bonds is 9. The van der Waals surface area contributed by atoms with Crippen LogP contribution in [0.4, 0.5) is 4.79 Å². The molecular weight excluding hydrogens is 352 g/mol. The van der Waals surface area contributed by atoms with Crippen LogP contribution in [0.3, 0.4) is 0 Å². The van der Waals surface area contributed by atoms with Crippen molar-refractivity contribution >= 4 is 16.9 Å². The van der Waals surface area contributed by atoms with E-state index < -0.39 is 6.09 Å². The number of unbranched alkanes of at least 4 members (excludes halogenated alkanes) is 1. The minimum Gasteiger partial charge on any atom is -0.493 e. The zero-order chi connectivity index (χ0) is 19.8. The molecule has 8 nitrogen and oxygen atoms in total. The number of nitrogens with zero attached hydrogens (tertiary/aromatic N) is 1. The van der Waals surface area contributed by atoms with Crippen LogP contribution in [0.5, 0.6) is 17.2 Å². The summed E-state index contributed by atoms with van der Waals surface area (Å²) >= 11 is 0. The Morgan fingerprint density at radius 3 is 2.33 bits per heavy atom. The molecule has 1 aromatic heterocycles. The minimum absolute atomic E-state index is 0.234. The van der Waals surface area contributed by atoms with Crippen LogP contribution in [-0.2, 0) is 11.3 Å². The Hall–Kier alpha value is -2.74. The molecule has 0 spiro atoms. The van der Waals surface area contributed by atoms with E-state index in [9.17, 15) is 9.59 Å². The van der Waals surface area contributed by atoms with Gasteiger partial charge >= 0.3 is 6.09 Å². The molecule has 27 heavy (non-hydrogen) atoms. The van der Waals surface area contributed by atoms with E-state index in [-0.39, 0.29) is 11.3 Å². The number of benzene rings is 1. The largest absolute Gasteiger partial charge is 0.493 e. The maximum absolute atomic E-state index is 12.8. The lowest BCUT2D eigenvalue weighted by Gasteiger charge is -2.15. The minimum atomic E-state index is -0.573. The van der Waals surface area contributed by atoms with Gasteiger partial charge in [0.1, 0.15) is 0 Å². The Bertz CT molecular complexity index is 846. The number of amides is 1. The fourth-order valence-electron chi connectivity index (χ4n) is 2.62. The van der Waals surface area contributed by atoms with Crippen molar-refractivity contribution in [1.29, 1.82) is 0 Å². The summed E-state index contributed by atoms with van der Waals surface area (Å²) in [4.78, 5) is 24.9. The van der Waals surface area contributed by atoms with E-state index in [1.165, 1.54) is 25.0 Å². The molecular formula is C19H26N2O6. The molecule has 0 atom stereocenters. The Balaban J connectivity index is 2.52. The molecule has 0 aliphatic rings. The van der Waals surface area contributed by atoms with Crippen molar-refractivity contribution in [2.45, 2.75) is 26.3 Å². The van der Waals surface area contributed by atoms with E-state index in [4.69, 9.17) is 18.9 Å². The molecule has 2 rings (SSSR count). The fourth-order valence-corrected chi connectivity index (χ4v) is 2.62. The smallest absolute Gasteiger partial charge is 0.412 e. The number of carbonyl (C=O) groups is 1. The first kappa shape index (κ1) is 20.6. The highest BCUT2D eigenvalue weighted by atomic mass is 16.6. The third kappa shape index (κ3) is 4.91. The van der Waals surface area contributed by atoms with Crippen molar-refractivity contribution in [3.05, 3.63) is 28.7 Å². The monoisotopic (exact) mass is 378 g/mol. The second-order valence-electron chi connectivity index (χ2n) is 5.91. The topological polar surface area (TPSA) is 88.0 Å². The maximum Gasteiger partial charge on any atom is 0.412 e. The van der Waals surface area contributed by atoms with Gasteiger partial charge in [-0.2, -0.15) is 0 Å². The van der Waals surface area contributed by atoms with Crippen molar-refractivity contribution in [3.8, 4) is 17.2 Å². The number of nitrogens with one attached hydrogen (secondary N) is 1. The van der Waals surface area contributed by atoms with Gasteiger partial charge in [-0.05, 0) is 18.6 Å². The zero-order valence-electron chi connectivity index (χ0n) is 16.2. The van der Waals surface area contributed by atoms with Crippen LogP contribution >= 0.6 is 0 Å². The first-order valence-corrected chi connectivity index (χ1v) is 8.79. The molecule has 148 valence electrons. The second kappa shape index (κ2) is 9.82. The van der Waals surface area contributed by atoms with Crippen LogP contribution in [0.25, 0.3) is 10.8 Å². The molecule has 8 heteroatoms. The van der Waals surface area contributed by atoms with Gasteiger partial charge in [-0.15, -0.1) is 0 Å². The average Bonchev–Trinajstić information content (AvgIpc) is 2.68. The van der Waals surface area contributed by atoms with E-state index in [0.29, 0.717) is 42.0 Å². The first-order valence-electron chi connectivity index (χ1n) is 8.79. The van der Waals surface area contributed by atoms with Gasteiger partial charge in [0.25, 0.3) is 5.56 Å². The van der Waals surface area contributed by atoms with Crippen LogP contribution in [0.2, 0.25) is 0 Å². The van der Waals surface area contributed by atoms with Crippen LogP contribution in [0.15, 0.2) is 23.1 Å². The van der Waals surface area contributed by atoms with Crippen molar-refractivity contribution in [1.82, 2.24) is 9.88 Å². The number of carbonyl (C=O) groups excluding carboxylic acids is 1. The van der Waals surface area contributed by atoms with Gasteiger partial charge in [-0.1, -0.05) is 13.3 Å². The summed E-state index contributed by atoms with van der Waals surface area (Å²) in [7, 11) is 4.55. The fraction of sp³-hybridized carbons (Fsp3) is 0.474. The predicted octanol–water partition coefficient (Wildman–Crippen LogP) is 2.55. The van der Waals surface area contributed by atoms with Gasteiger partial charge in [0.15, 0.2) is 17.2 Å². The lowest BCUT2D eigenvalue weighted by molar-refractivity contribution is 0.185. The Labute approximate surface area is 158 Å². The number of hydrogen-bond acceptors (Lipinski definition) is 6. The Morgan fingerprint density at radius 2 is 1.74 bits per heavy atom. The molecule has 1 heterocycles. The molecule has 0 fully saturated rings. The lowest BCUT2D eigenvalue weighted by atomic mass is 10.1. The second-order valence-corrected chi connectivity index (χ2v) is 5.91. The summed E-state index contributed by atoms with van der Waals surface area (Å²) < 4.78 is 22.6. The summed E-state index contributed by atoms with van der Waals surface area (Å²) in [6.07, 6.45) is 2.75. The summed E-state index contributed by atoms with van der Waals surface area (Å²) in [5.74, 6) is 1.12. The number of fused-ring (bicyclic) bond motifs is 1. The summed E-state index contributed by atoms with van der Waals surface area (Å²) in [6, 6.07) is 3.21. The number of hydrogen-bond donors (Lipinski definition) is 1. The maximum atomic E-state index is 12.8. The molecule has 1 amide bonds. The molecule has 0 unspecified atom stereocenters. The quantitative estimate of drug-likeness (QED) is 0.675. The molecule has 1 N–H and O–H groups in total.